The first kappa shape index (κ1) is 24.3. The van der Waals surface area contributed by atoms with E-state index in [4.69, 9.17) is 32.7 Å². The van der Waals surface area contributed by atoms with Crippen LogP contribution in [0.25, 0.3) is 0 Å². The molecule has 7 heteroatoms. The first-order valence-corrected chi connectivity index (χ1v) is 11.4. The highest BCUT2D eigenvalue weighted by Crippen LogP contribution is 2.38. The monoisotopic (exact) mass is 502 g/mol. The molecule has 0 fully saturated rings. The molecule has 0 bridgehead atoms. The predicted octanol–water partition coefficient (Wildman–Crippen LogP) is 6.17. The van der Waals surface area contributed by atoms with E-state index in [-0.39, 0.29) is 6.61 Å². The number of hydrogen-bond acceptors (Lipinski definition) is 4. The number of rotatable bonds is 12. The number of nitrogens with zero attached hydrogens (tertiary/aromatic N) is 1. The van der Waals surface area contributed by atoms with Crippen LogP contribution >= 0.6 is 39.1 Å². The van der Waals surface area contributed by atoms with Gasteiger partial charge in [0.2, 0.25) is 0 Å². The smallest absolute Gasteiger partial charge is 0.175 e. The molecule has 0 aromatic heterocycles. The maximum Gasteiger partial charge on any atom is 0.175 e. The first-order chi connectivity index (χ1) is 14.0. The summed E-state index contributed by atoms with van der Waals surface area (Å²) in [5.74, 6) is 1.30. The van der Waals surface area contributed by atoms with Crippen LogP contribution in [0.4, 0.5) is 0 Å². The van der Waals surface area contributed by atoms with Gasteiger partial charge in [-0.25, -0.2) is 0 Å². The predicted molar refractivity (Wildman–Crippen MR) is 126 cm³/mol. The highest BCUT2D eigenvalue weighted by atomic mass is 79.9. The summed E-state index contributed by atoms with van der Waals surface area (Å²) in [6.45, 7) is 9.71. The SMILES string of the molecule is CCN(CC)CCCNCc1cc(Br)c(OCc2c(Cl)cccc2Cl)c(OC)c1. The highest BCUT2D eigenvalue weighted by molar-refractivity contribution is 9.10. The average Bonchev–Trinajstić information content (AvgIpc) is 2.71. The van der Waals surface area contributed by atoms with E-state index < -0.39 is 0 Å². The van der Waals surface area contributed by atoms with Gasteiger partial charge in [-0.15, -0.1) is 0 Å². The van der Waals surface area contributed by atoms with Crippen LogP contribution in [0.15, 0.2) is 34.8 Å². The van der Waals surface area contributed by atoms with Gasteiger partial charge in [0.1, 0.15) is 6.61 Å². The van der Waals surface area contributed by atoms with Crippen molar-refractivity contribution in [2.75, 3.05) is 33.3 Å². The van der Waals surface area contributed by atoms with Gasteiger partial charge in [-0.1, -0.05) is 43.1 Å². The molecule has 0 atom stereocenters. The van der Waals surface area contributed by atoms with Crippen LogP contribution < -0.4 is 14.8 Å². The second-order valence-corrected chi connectivity index (χ2v) is 8.32. The quantitative estimate of drug-likeness (QED) is 0.351. The molecule has 2 rings (SSSR count). The Morgan fingerprint density at radius 2 is 1.79 bits per heavy atom. The average molecular weight is 504 g/mol. The van der Waals surface area contributed by atoms with E-state index in [9.17, 15) is 0 Å². The van der Waals surface area contributed by atoms with E-state index >= 15 is 0 Å². The molecule has 2 aromatic carbocycles. The van der Waals surface area contributed by atoms with Gasteiger partial charge in [0.25, 0.3) is 0 Å². The molecule has 0 unspecified atom stereocenters. The highest BCUT2D eigenvalue weighted by Gasteiger charge is 2.14. The van der Waals surface area contributed by atoms with E-state index in [1.54, 1.807) is 19.2 Å². The Hall–Kier alpha value is -0.980. The van der Waals surface area contributed by atoms with Crippen LogP contribution in [0.5, 0.6) is 11.5 Å². The lowest BCUT2D eigenvalue weighted by molar-refractivity contribution is 0.282. The van der Waals surface area contributed by atoms with E-state index in [1.165, 1.54) is 0 Å². The van der Waals surface area contributed by atoms with Gasteiger partial charge in [-0.05, 0) is 78.4 Å². The van der Waals surface area contributed by atoms with Crippen LogP contribution in [-0.2, 0) is 13.2 Å². The van der Waals surface area contributed by atoms with E-state index in [2.05, 4.69) is 40.0 Å². The summed E-state index contributed by atoms with van der Waals surface area (Å²) in [4.78, 5) is 2.43. The van der Waals surface area contributed by atoms with Crippen molar-refractivity contribution >= 4 is 39.1 Å². The number of halogens is 3. The third-order valence-electron chi connectivity index (χ3n) is 4.76. The lowest BCUT2D eigenvalue weighted by Gasteiger charge is -2.18. The maximum atomic E-state index is 6.24. The Bertz CT molecular complexity index is 765. The number of hydrogen-bond donors (Lipinski definition) is 1. The third kappa shape index (κ3) is 7.34. The molecule has 0 saturated carbocycles. The molecular formula is C22H29BrCl2N2O2. The molecule has 0 amide bonds. The molecule has 0 heterocycles. The van der Waals surface area contributed by atoms with Gasteiger partial charge >= 0.3 is 0 Å². The molecule has 0 aliphatic rings. The summed E-state index contributed by atoms with van der Waals surface area (Å²) >= 11 is 16.1. The minimum atomic E-state index is 0.260. The van der Waals surface area contributed by atoms with E-state index in [0.29, 0.717) is 21.5 Å². The van der Waals surface area contributed by atoms with Gasteiger partial charge in [0, 0.05) is 22.2 Å². The molecule has 0 aliphatic heterocycles. The second-order valence-electron chi connectivity index (χ2n) is 6.66. The summed E-state index contributed by atoms with van der Waals surface area (Å²) in [5.41, 5.74) is 1.88. The van der Waals surface area contributed by atoms with Gasteiger partial charge in [-0.2, -0.15) is 0 Å². The van der Waals surface area contributed by atoms with Crippen LogP contribution in [0.1, 0.15) is 31.4 Å². The molecule has 0 aliphatic carbocycles. The van der Waals surface area contributed by atoms with Crippen molar-refractivity contribution in [1.29, 1.82) is 0 Å². The third-order valence-corrected chi connectivity index (χ3v) is 6.06. The molecule has 4 nitrogen and oxygen atoms in total. The topological polar surface area (TPSA) is 33.7 Å². The zero-order valence-electron chi connectivity index (χ0n) is 17.2. The van der Waals surface area contributed by atoms with Crippen LogP contribution in [-0.4, -0.2) is 38.2 Å². The van der Waals surface area contributed by atoms with Crippen molar-refractivity contribution in [2.24, 2.45) is 0 Å². The lowest BCUT2D eigenvalue weighted by atomic mass is 10.2. The molecule has 2 aromatic rings. The Balaban J connectivity index is 1.96. The number of ether oxygens (including phenoxy) is 2. The molecule has 0 spiro atoms. The summed E-state index contributed by atoms with van der Waals surface area (Å²) in [6, 6.07) is 9.45. The number of methoxy groups -OCH3 is 1. The Kier molecular flexibility index (Phi) is 10.6. The fraction of sp³-hybridized carbons (Fsp3) is 0.455. The fourth-order valence-electron chi connectivity index (χ4n) is 3.03. The molecule has 29 heavy (non-hydrogen) atoms. The number of benzene rings is 2. The van der Waals surface area contributed by atoms with Gasteiger partial charge in [0.15, 0.2) is 11.5 Å². The lowest BCUT2D eigenvalue weighted by Crippen LogP contribution is -2.27. The van der Waals surface area contributed by atoms with E-state index in [0.717, 1.165) is 54.7 Å². The Morgan fingerprint density at radius 3 is 2.41 bits per heavy atom. The van der Waals surface area contributed by atoms with Crippen molar-refractivity contribution in [3.05, 3.63) is 56.0 Å². The number of nitrogens with one attached hydrogen (secondary N) is 1. The standard InChI is InChI=1S/C22H29BrCl2N2O2/c1-4-27(5-2)11-7-10-26-14-16-12-18(23)22(21(13-16)28-3)29-15-17-19(24)8-6-9-20(17)25/h6,8-9,12-13,26H,4-5,7,10-11,14-15H2,1-3H3. The van der Waals surface area contributed by atoms with Crippen molar-refractivity contribution < 1.29 is 9.47 Å². The normalized spacial score (nSPS) is 11.1. The zero-order chi connectivity index (χ0) is 21.2. The Labute approximate surface area is 192 Å². The van der Waals surface area contributed by atoms with Crippen molar-refractivity contribution in [1.82, 2.24) is 10.2 Å². The largest absolute Gasteiger partial charge is 0.493 e. The fourth-order valence-corrected chi connectivity index (χ4v) is 4.14. The van der Waals surface area contributed by atoms with Crippen molar-refractivity contribution in [3.63, 3.8) is 0 Å². The Morgan fingerprint density at radius 1 is 1.10 bits per heavy atom. The zero-order valence-corrected chi connectivity index (χ0v) is 20.3. The van der Waals surface area contributed by atoms with Crippen LogP contribution in [0.2, 0.25) is 10.0 Å². The van der Waals surface area contributed by atoms with Gasteiger partial charge in [-0.3, -0.25) is 0 Å². The van der Waals surface area contributed by atoms with Crippen molar-refractivity contribution in [3.8, 4) is 11.5 Å². The second kappa shape index (κ2) is 12.7. The molecule has 0 saturated heterocycles. The molecular weight excluding hydrogens is 475 g/mol. The van der Waals surface area contributed by atoms with Crippen LogP contribution in [0.3, 0.4) is 0 Å². The summed E-state index contributed by atoms with van der Waals surface area (Å²) < 4.78 is 12.4. The summed E-state index contributed by atoms with van der Waals surface area (Å²) in [5, 5.41) is 4.66. The summed E-state index contributed by atoms with van der Waals surface area (Å²) in [6.07, 6.45) is 1.12. The minimum Gasteiger partial charge on any atom is -0.493 e. The molecule has 1 N–H and O–H groups in total. The minimum absolute atomic E-state index is 0.260. The van der Waals surface area contributed by atoms with Crippen LogP contribution in [0, 0.1) is 0 Å². The molecule has 0 radical (unpaired) electrons. The first-order valence-electron chi connectivity index (χ1n) is 9.85. The molecule has 160 valence electrons. The maximum absolute atomic E-state index is 6.24. The van der Waals surface area contributed by atoms with Gasteiger partial charge in [0.05, 0.1) is 11.6 Å². The van der Waals surface area contributed by atoms with E-state index in [1.807, 2.05) is 18.2 Å². The van der Waals surface area contributed by atoms with Crippen molar-refractivity contribution in [2.45, 2.75) is 33.4 Å². The van der Waals surface area contributed by atoms with Gasteiger partial charge < -0.3 is 19.7 Å². The summed E-state index contributed by atoms with van der Waals surface area (Å²) in [7, 11) is 1.64.